The van der Waals surface area contributed by atoms with E-state index < -0.39 is 0 Å². The summed E-state index contributed by atoms with van der Waals surface area (Å²) in [7, 11) is 3.88. The lowest BCUT2D eigenvalue weighted by atomic mass is 10.1. The predicted molar refractivity (Wildman–Crippen MR) is 62.6 cm³/mol. The third kappa shape index (κ3) is 1.84. The highest BCUT2D eigenvalue weighted by atomic mass is 15.1. The summed E-state index contributed by atoms with van der Waals surface area (Å²) in [5, 5.41) is 7.63. The zero-order valence-electron chi connectivity index (χ0n) is 8.99. The van der Waals surface area contributed by atoms with E-state index in [-0.39, 0.29) is 6.17 Å². The third-order valence-corrected chi connectivity index (χ3v) is 2.57. The van der Waals surface area contributed by atoms with Gasteiger partial charge in [0.1, 0.15) is 0 Å². The van der Waals surface area contributed by atoms with Crippen molar-refractivity contribution < 1.29 is 0 Å². The first-order valence-electron chi connectivity index (χ1n) is 5.05. The summed E-state index contributed by atoms with van der Waals surface area (Å²) >= 11 is 0. The van der Waals surface area contributed by atoms with Crippen LogP contribution in [0.4, 0.5) is 0 Å². The number of nitrogens with zero attached hydrogens (tertiary/aromatic N) is 1. The van der Waals surface area contributed by atoms with E-state index in [2.05, 4.69) is 27.8 Å². The Kier molecular flexibility index (Phi) is 2.94. The smallest absolute Gasteiger partial charge is 0.0837 e. The Morgan fingerprint density at radius 2 is 1.87 bits per heavy atom. The van der Waals surface area contributed by atoms with Crippen LogP contribution in [0.5, 0.6) is 0 Å². The van der Waals surface area contributed by atoms with Gasteiger partial charge in [-0.1, -0.05) is 18.2 Å². The number of hydrogen-bond donors (Lipinski definition) is 2. The molecule has 0 bridgehead atoms. The van der Waals surface area contributed by atoms with Gasteiger partial charge in [-0.15, -0.1) is 0 Å². The van der Waals surface area contributed by atoms with E-state index in [0.29, 0.717) is 0 Å². The van der Waals surface area contributed by atoms with Crippen LogP contribution < -0.4 is 10.6 Å². The Balaban J connectivity index is 2.59. The van der Waals surface area contributed by atoms with Crippen molar-refractivity contribution in [2.24, 2.45) is 0 Å². The molecule has 0 fully saturated rings. The quantitative estimate of drug-likeness (QED) is 0.742. The number of fused-ring (bicyclic) bond motifs is 1. The van der Waals surface area contributed by atoms with Gasteiger partial charge in [-0.05, 0) is 31.8 Å². The topological polar surface area (TPSA) is 37.0 Å². The summed E-state index contributed by atoms with van der Waals surface area (Å²) in [6.45, 7) is 0. The summed E-state index contributed by atoms with van der Waals surface area (Å²) in [6.07, 6.45) is 1.98. The average Bonchev–Trinajstić information content (AvgIpc) is 2.31. The molecule has 0 atom stereocenters. The highest BCUT2D eigenvalue weighted by Crippen LogP contribution is 2.20. The fraction of sp³-hybridized carbons (Fsp3) is 0.250. The van der Waals surface area contributed by atoms with Gasteiger partial charge < -0.3 is 10.6 Å². The Bertz CT molecular complexity index is 444. The lowest BCUT2D eigenvalue weighted by Gasteiger charge is -2.17. The zero-order valence-corrected chi connectivity index (χ0v) is 8.99. The summed E-state index contributed by atoms with van der Waals surface area (Å²) in [5.41, 5.74) is 2.26. The minimum atomic E-state index is 0.165. The first-order chi connectivity index (χ1) is 7.36. The standard InChI is InChI=1S/C12H15N3/c1-13-12(14-2)10-5-3-7-11-9(10)6-4-8-15-11/h3-8,12-14H,1-2H3. The van der Waals surface area contributed by atoms with Crippen LogP contribution in [0.25, 0.3) is 10.9 Å². The second-order valence-corrected chi connectivity index (χ2v) is 3.43. The predicted octanol–water partition coefficient (Wildman–Crippen LogP) is 1.67. The van der Waals surface area contributed by atoms with Crippen LogP contribution in [0, 0.1) is 0 Å². The minimum absolute atomic E-state index is 0.165. The molecule has 1 aromatic heterocycles. The molecule has 15 heavy (non-hydrogen) atoms. The van der Waals surface area contributed by atoms with Crippen molar-refractivity contribution in [3.8, 4) is 0 Å². The zero-order chi connectivity index (χ0) is 10.7. The Morgan fingerprint density at radius 1 is 1.07 bits per heavy atom. The Labute approximate surface area is 89.5 Å². The number of aromatic nitrogens is 1. The van der Waals surface area contributed by atoms with E-state index in [1.54, 1.807) is 0 Å². The Morgan fingerprint density at radius 3 is 2.60 bits per heavy atom. The molecule has 3 heteroatoms. The number of nitrogens with one attached hydrogen (secondary N) is 2. The first kappa shape index (κ1) is 10.1. The van der Waals surface area contributed by atoms with Crippen molar-refractivity contribution in [2.75, 3.05) is 14.1 Å². The van der Waals surface area contributed by atoms with Crippen molar-refractivity contribution in [2.45, 2.75) is 6.17 Å². The molecule has 0 amide bonds. The monoisotopic (exact) mass is 201 g/mol. The molecule has 2 aromatic rings. The molecule has 78 valence electrons. The normalized spacial score (nSPS) is 11.1. The summed E-state index contributed by atoms with van der Waals surface area (Å²) < 4.78 is 0. The van der Waals surface area contributed by atoms with Crippen LogP contribution >= 0.6 is 0 Å². The highest BCUT2D eigenvalue weighted by molar-refractivity contribution is 5.82. The van der Waals surface area contributed by atoms with E-state index in [1.807, 2.05) is 38.5 Å². The van der Waals surface area contributed by atoms with Crippen molar-refractivity contribution >= 4 is 10.9 Å². The average molecular weight is 201 g/mol. The van der Waals surface area contributed by atoms with Gasteiger partial charge in [0, 0.05) is 11.6 Å². The molecule has 0 aliphatic rings. The molecule has 1 aromatic carbocycles. The number of benzene rings is 1. The highest BCUT2D eigenvalue weighted by Gasteiger charge is 2.09. The van der Waals surface area contributed by atoms with Crippen LogP contribution in [-0.2, 0) is 0 Å². The molecular weight excluding hydrogens is 186 g/mol. The van der Waals surface area contributed by atoms with E-state index in [4.69, 9.17) is 0 Å². The van der Waals surface area contributed by atoms with E-state index in [1.165, 1.54) is 10.9 Å². The lowest BCUT2D eigenvalue weighted by Crippen LogP contribution is -2.28. The van der Waals surface area contributed by atoms with Gasteiger partial charge in [-0.25, -0.2) is 0 Å². The van der Waals surface area contributed by atoms with Gasteiger partial charge >= 0.3 is 0 Å². The molecule has 3 nitrogen and oxygen atoms in total. The molecular formula is C12H15N3. The van der Waals surface area contributed by atoms with Gasteiger partial charge in [0.2, 0.25) is 0 Å². The van der Waals surface area contributed by atoms with Crippen LogP contribution in [-0.4, -0.2) is 19.1 Å². The molecule has 0 unspecified atom stereocenters. The van der Waals surface area contributed by atoms with Crippen LogP contribution in [0.3, 0.4) is 0 Å². The summed E-state index contributed by atoms with van der Waals surface area (Å²) in [4.78, 5) is 4.34. The molecule has 0 aliphatic heterocycles. The van der Waals surface area contributed by atoms with Gasteiger partial charge in [-0.2, -0.15) is 0 Å². The SMILES string of the molecule is CNC(NC)c1cccc2ncccc12. The second-order valence-electron chi connectivity index (χ2n) is 3.43. The minimum Gasteiger partial charge on any atom is -0.301 e. The van der Waals surface area contributed by atoms with Gasteiger partial charge in [0.25, 0.3) is 0 Å². The van der Waals surface area contributed by atoms with E-state index in [9.17, 15) is 0 Å². The van der Waals surface area contributed by atoms with E-state index in [0.717, 1.165) is 5.52 Å². The number of pyridine rings is 1. The largest absolute Gasteiger partial charge is 0.301 e. The van der Waals surface area contributed by atoms with Crippen molar-refractivity contribution in [1.29, 1.82) is 0 Å². The van der Waals surface area contributed by atoms with Gasteiger partial charge in [0.05, 0.1) is 11.7 Å². The molecule has 0 saturated carbocycles. The molecule has 0 saturated heterocycles. The molecule has 0 spiro atoms. The molecule has 1 heterocycles. The van der Waals surface area contributed by atoms with Crippen LogP contribution in [0.1, 0.15) is 11.7 Å². The maximum Gasteiger partial charge on any atom is 0.0837 e. The van der Waals surface area contributed by atoms with E-state index >= 15 is 0 Å². The van der Waals surface area contributed by atoms with Crippen LogP contribution in [0.2, 0.25) is 0 Å². The summed E-state index contributed by atoms with van der Waals surface area (Å²) in [6, 6.07) is 10.2. The lowest BCUT2D eigenvalue weighted by molar-refractivity contribution is 0.523. The first-order valence-corrected chi connectivity index (χ1v) is 5.05. The molecule has 0 aliphatic carbocycles. The molecule has 2 N–H and O–H groups in total. The maximum atomic E-state index is 4.34. The second kappa shape index (κ2) is 4.38. The van der Waals surface area contributed by atoms with Gasteiger partial charge in [-0.3, -0.25) is 4.98 Å². The van der Waals surface area contributed by atoms with Crippen molar-refractivity contribution in [3.63, 3.8) is 0 Å². The van der Waals surface area contributed by atoms with Crippen molar-refractivity contribution in [1.82, 2.24) is 15.6 Å². The fourth-order valence-electron chi connectivity index (χ4n) is 1.83. The van der Waals surface area contributed by atoms with Gasteiger partial charge in [0.15, 0.2) is 0 Å². The van der Waals surface area contributed by atoms with Crippen molar-refractivity contribution in [3.05, 3.63) is 42.1 Å². The number of hydrogen-bond acceptors (Lipinski definition) is 3. The fourth-order valence-corrected chi connectivity index (χ4v) is 1.83. The Hall–Kier alpha value is -1.45. The molecule has 0 radical (unpaired) electrons. The third-order valence-electron chi connectivity index (χ3n) is 2.57. The van der Waals surface area contributed by atoms with Crippen LogP contribution in [0.15, 0.2) is 36.5 Å². The molecule has 2 rings (SSSR count). The summed E-state index contributed by atoms with van der Waals surface area (Å²) in [5.74, 6) is 0. The maximum absolute atomic E-state index is 4.34. The number of rotatable bonds is 3.